The predicted molar refractivity (Wildman–Crippen MR) is 206 cm³/mol. The van der Waals surface area contributed by atoms with E-state index in [0.29, 0.717) is 25.2 Å². The number of carbonyl (C=O) groups is 6. The molecular formula is C41H53N5O10. The number of nitrogens with one attached hydrogen (secondary N) is 3. The molecule has 4 rings (SSSR count). The van der Waals surface area contributed by atoms with Gasteiger partial charge >= 0.3 is 6.47 Å². The van der Waals surface area contributed by atoms with Crippen molar-refractivity contribution in [3.8, 4) is 0 Å². The van der Waals surface area contributed by atoms with E-state index in [1.807, 2.05) is 32.1 Å². The number of Topliss-reactive ketones (excluding diaryl/α,β-unsaturated/α-hetero) is 1. The van der Waals surface area contributed by atoms with Crippen molar-refractivity contribution in [1.82, 2.24) is 25.9 Å². The Bertz CT molecular complexity index is 1770. The first-order valence-electron chi connectivity index (χ1n) is 18.6. The molecule has 0 unspecified atom stereocenters. The molecule has 302 valence electrons. The highest BCUT2D eigenvalue weighted by atomic mass is 16.7. The van der Waals surface area contributed by atoms with Crippen molar-refractivity contribution in [2.75, 3.05) is 40.4 Å². The molecule has 15 heteroatoms. The predicted octanol–water partition coefficient (Wildman–Crippen LogP) is 2.05. The van der Waals surface area contributed by atoms with Crippen molar-refractivity contribution < 1.29 is 48.2 Å². The largest absolute Gasteiger partial charge is 0.390 e. The van der Waals surface area contributed by atoms with Gasteiger partial charge in [-0.25, -0.2) is 0 Å². The van der Waals surface area contributed by atoms with Crippen LogP contribution in [-0.2, 0) is 44.8 Å². The van der Waals surface area contributed by atoms with Crippen molar-refractivity contribution in [1.29, 1.82) is 0 Å². The first-order chi connectivity index (χ1) is 26.8. The highest BCUT2D eigenvalue weighted by Crippen LogP contribution is 2.29. The number of rotatable bonds is 10. The van der Waals surface area contributed by atoms with Gasteiger partial charge in [-0.1, -0.05) is 55.9 Å². The number of ether oxygens (including phenoxy) is 2. The minimum absolute atomic E-state index is 0.0133. The summed E-state index contributed by atoms with van der Waals surface area (Å²) < 4.78 is 11.4. The van der Waals surface area contributed by atoms with Crippen LogP contribution in [0, 0.1) is 11.8 Å². The van der Waals surface area contributed by atoms with Crippen molar-refractivity contribution in [3.63, 3.8) is 0 Å². The molecule has 0 aromatic heterocycles. The summed E-state index contributed by atoms with van der Waals surface area (Å²) >= 11 is 0. The number of hydrogen-bond donors (Lipinski definition) is 4. The number of hydroxylamine groups is 1. The molecule has 15 nitrogen and oxygen atoms in total. The normalized spacial score (nSPS) is 28.6. The number of piperazine rings is 1. The van der Waals surface area contributed by atoms with Gasteiger partial charge in [-0.2, -0.15) is 0 Å². The van der Waals surface area contributed by atoms with E-state index in [1.165, 1.54) is 27.2 Å². The Morgan fingerprint density at radius 2 is 1.71 bits per heavy atom. The summed E-state index contributed by atoms with van der Waals surface area (Å²) in [5.74, 6) is -3.32. The molecular weight excluding hydrogens is 722 g/mol. The number of hydrogen-bond acceptors (Lipinski definition) is 12. The average Bonchev–Trinajstić information content (AvgIpc) is 3.19. The van der Waals surface area contributed by atoms with E-state index >= 15 is 0 Å². The molecule has 2 aliphatic heterocycles. The van der Waals surface area contributed by atoms with Crippen LogP contribution in [0.1, 0.15) is 56.5 Å². The standard InChI is InChI=1S/C41H53N5O10/c1-25-18-31-37(43-41(53)30-12-10-29(11-13-30)22-45-14-16-46(23-47)17-15-45)33(49)21-32(39(31)51)42-40(52)26(2)8-7-9-34(54-5)36(44-56-24-48)27(3)20-28(4)38(50)35(19-25)55-6/h7-13,20-21,23-25,28,34-36,38,44,50H,14-19,22H2,1-6H3,(H,42,52)(H,43,53)/b9-7-,26-8+,27-20+/t25-,28+,34+,35+,36+,38-/m1/s1. The number of amides is 3. The third-order valence-corrected chi connectivity index (χ3v) is 10.3. The fraction of sp³-hybridized carbons (Fsp3) is 0.463. The van der Waals surface area contributed by atoms with Crippen molar-refractivity contribution in [3.05, 3.63) is 93.9 Å². The lowest BCUT2D eigenvalue weighted by Crippen LogP contribution is -2.45. The lowest BCUT2D eigenvalue weighted by molar-refractivity contribution is -0.138. The summed E-state index contributed by atoms with van der Waals surface area (Å²) in [5.41, 5.74) is 4.40. The van der Waals surface area contributed by atoms with Crippen LogP contribution < -0.4 is 16.1 Å². The first kappa shape index (κ1) is 43.7. The van der Waals surface area contributed by atoms with Gasteiger partial charge in [0.25, 0.3) is 11.8 Å². The van der Waals surface area contributed by atoms with E-state index in [9.17, 15) is 33.9 Å². The van der Waals surface area contributed by atoms with E-state index < -0.39 is 53.7 Å². The second-order valence-electron chi connectivity index (χ2n) is 14.5. The molecule has 1 fully saturated rings. The minimum Gasteiger partial charge on any atom is -0.390 e. The molecule has 1 aromatic rings. The molecule has 1 saturated heterocycles. The van der Waals surface area contributed by atoms with Gasteiger partial charge in [0, 0.05) is 75.6 Å². The SMILES string of the molecule is CO[C@H]1/C=C\C=C(/C)C(=O)NC2=CC(=O)C(NC(=O)c3ccc(CN4CCN(C=O)CC4)cc3)=C(C[C@@H](C)C[C@H](OC)[C@H](O)[C@@H](C)/C=C(\C)[C@@H]1NOC=O)C2=O. The van der Waals surface area contributed by atoms with Crippen LogP contribution in [0.25, 0.3) is 0 Å². The summed E-state index contributed by atoms with van der Waals surface area (Å²) in [6.45, 7) is 10.6. The summed E-state index contributed by atoms with van der Waals surface area (Å²) in [6, 6.07) is 6.28. The van der Waals surface area contributed by atoms with Crippen LogP contribution >= 0.6 is 0 Å². The molecule has 6 atom stereocenters. The number of benzene rings is 1. The third-order valence-electron chi connectivity index (χ3n) is 10.3. The van der Waals surface area contributed by atoms with Crippen molar-refractivity contribution in [2.24, 2.45) is 11.8 Å². The van der Waals surface area contributed by atoms with E-state index in [-0.39, 0.29) is 53.3 Å². The number of aliphatic hydroxyl groups is 1. The Labute approximate surface area is 327 Å². The zero-order valence-corrected chi connectivity index (χ0v) is 32.8. The van der Waals surface area contributed by atoms with Crippen LogP contribution in [0.5, 0.6) is 0 Å². The number of ketones is 2. The Kier molecular flexibility index (Phi) is 16.2. The monoisotopic (exact) mass is 775 g/mol. The molecule has 56 heavy (non-hydrogen) atoms. The van der Waals surface area contributed by atoms with Gasteiger partial charge in [-0.05, 0) is 50.3 Å². The number of methoxy groups -OCH3 is 2. The van der Waals surface area contributed by atoms with E-state index in [1.54, 1.807) is 36.1 Å². The summed E-state index contributed by atoms with van der Waals surface area (Å²) in [5, 5.41) is 16.7. The molecule has 2 bridgehead atoms. The van der Waals surface area contributed by atoms with Crippen molar-refractivity contribution in [2.45, 2.75) is 71.4 Å². The van der Waals surface area contributed by atoms with Gasteiger partial charge in [0.2, 0.25) is 18.0 Å². The number of allylic oxidation sites excluding steroid dienone is 4. The zero-order valence-electron chi connectivity index (χ0n) is 32.8. The van der Waals surface area contributed by atoms with Gasteiger partial charge in [0.15, 0.2) is 0 Å². The number of aliphatic hydroxyl groups excluding tert-OH is 1. The lowest BCUT2D eigenvalue weighted by Gasteiger charge is -2.32. The Hall–Kier alpha value is -5.06. The molecule has 1 aliphatic carbocycles. The highest BCUT2D eigenvalue weighted by molar-refractivity contribution is 6.24. The summed E-state index contributed by atoms with van der Waals surface area (Å²) in [6.07, 6.45) is 6.27. The fourth-order valence-corrected chi connectivity index (χ4v) is 6.96. The lowest BCUT2D eigenvalue weighted by atomic mass is 9.85. The zero-order chi connectivity index (χ0) is 40.9. The van der Waals surface area contributed by atoms with Gasteiger partial charge in [0.05, 0.1) is 35.7 Å². The topological polar surface area (TPSA) is 193 Å². The molecule has 3 amide bonds. The highest BCUT2D eigenvalue weighted by Gasteiger charge is 2.34. The maximum absolute atomic E-state index is 14.1. The molecule has 0 radical (unpaired) electrons. The second-order valence-corrected chi connectivity index (χ2v) is 14.5. The van der Waals surface area contributed by atoms with Gasteiger partial charge in [-0.3, -0.25) is 33.7 Å². The first-order valence-corrected chi connectivity index (χ1v) is 18.6. The quantitative estimate of drug-likeness (QED) is 0.117. The number of carbonyl (C=O) groups excluding carboxylic acids is 6. The maximum Gasteiger partial charge on any atom is 0.312 e. The van der Waals surface area contributed by atoms with Gasteiger partial charge in [0.1, 0.15) is 0 Å². The third kappa shape index (κ3) is 11.5. The number of fused-ring (bicyclic) bond motifs is 2. The minimum atomic E-state index is -1.01. The molecule has 4 N–H and O–H groups in total. The molecule has 0 spiro atoms. The molecule has 2 heterocycles. The molecule has 0 saturated carbocycles. The van der Waals surface area contributed by atoms with Gasteiger partial charge < -0.3 is 35.0 Å². The maximum atomic E-state index is 14.1. The van der Waals surface area contributed by atoms with E-state index in [2.05, 4.69) is 21.0 Å². The summed E-state index contributed by atoms with van der Waals surface area (Å²) in [4.78, 5) is 85.5. The smallest absolute Gasteiger partial charge is 0.312 e. The van der Waals surface area contributed by atoms with Crippen molar-refractivity contribution >= 4 is 36.3 Å². The van der Waals surface area contributed by atoms with Crippen LogP contribution in [0.15, 0.2) is 82.8 Å². The second kappa shape index (κ2) is 20.7. The van der Waals surface area contributed by atoms with Crippen LogP contribution in [0.4, 0.5) is 0 Å². The number of nitrogens with zero attached hydrogens (tertiary/aromatic N) is 2. The van der Waals surface area contributed by atoms with Crippen LogP contribution in [-0.4, -0.2) is 116 Å². The molecule has 3 aliphatic rings. The Morgan fingerprint density at radius 3 is 2.34 bits per heavy atom. The Morgan fingerprint density at radius 1 is 1.02 bits per heavy atom. The van der Waals surface area contributed by atoms with Crippen LogP contribution in [0.3, 0.4) is 0 Å². The van der Waals surface area contributed by atoms with Gasteiger partial charge in [-0.15, -0.1) is 5.48 Å². The van der Waals surface area contributed by atoms with Crippen LogP contribution in [0.2, 0.25) is 0 Å². The molecule has 1 aromatic carbocycles. The average molecular weight is 776 g/mol. The fourth-order valence-electron chi connectivity index (χ4n) is 6.96. The summed E-state index contributed by atoms with van der Waals surface area (Å²) in [7, 11) is 2.94. The van der Waals surface area contributed by atoms with E-state index in [0.717, 1.165) is 31.1 Å². The Balaban J connectivity index is 1.64. The van der Waals surface area contributed by atoms with E-state index in [4.69, 9.17) is 14.3 Å².